The molecular formula is C15H18N2O3. The third-order valence-electron chi connectivity index (χ3n) is 3.94. The highest BCUT2D eigenvalue weighted by Crippen LogP contribution is 2.17. The van der Waals surface area contributed by atoms with Gasteiger partial charge in [-0.05, 0) is 25.5 Å². The molecule has 1 aliphatic heterocycles. The summed E-state index contributed by atoms with van der Waals surface area (Å²) < 4.78 is 8.53. The Bertz CT molecular complexity index is 693. The van der Waals surface area contributed by atoms with Gasteiger partial charge in [0.25, 0.3) is 0 Å². The van der Waals surface area contributed by atoms with E-state index in [1.165, 1.54) is 0 Å². The van der Waals surface area contributed by atoms with Crippen molar-refractivity contribution in [2.75, 3.05) is 13.2 Å². The van der Waals surface area contributed by atoms with Crippen molar-refractivity contribution in [3.63, 3.8) is 0 Å². The minimum Gasteiger partial charge on any atom is -0.381 e. The number of aromatic nitrogens is 2. The number of ketones is 1. The van der Waals surface area contributed by atoms with Gasteiger partial charge in [0.2, 0.25) is 0 Å². The van der Waals surface area contributed by atoms with Crippen LogP contribution in [0.4, 0.5) is 0 Å². The average molecular weight is 274 g/mol. The molecule has 3 rings (SSSR count). The van der Waals surface area contributed by atoms with E-state index in [0.717, 1.165) is 17.5 Å². The molecule has 1 atom stereocenters. The van der Waals surface area contributed by atoms with E-state index in [0.29, 0.717) is 19.8 Å². The van der Waals surface area contributed by atoms with Crippen LogP contribution in [0.15, 0.2) is 29.1 Å². The zero-order chi connectivity index (χ0) is 14.1. The van der Waals surface area contributed by atoms with Crippen LogP contribution in [0.2, 0.25) is 0 Å². The molecule has 1 aromatic heterocycles. The zero-order valence-corrected chi connectivity index (χ0v) is 11.5. The van der Waals surface area contributed by atoms with Gasteiger partial charge >= 0.3 is 5.69 Å². The molecular weight excluding hydrogens is 256 g/mol. The molecule has 2 aromatic rings. The largest absolute Gasteiger partial charge is 0.381 e. The van der Waals surface area contributed by atoms with Crippen LogP contribution in [0.3, 0.4) is 0 Å². The minimum atomic E-state index is -0.110. The van der Waals surface area contributed by atoms with E-state index in [2.05, 4.69) is 0 Å². The summed E-state index contributed by atoms with van der Waals surface area (Å²) in [7, 11) is 0. The number of benzene rings is 1. The van der Waals surface area contributed by atoms with Gasteiger partial charge in [-0.1, -0.05) is 12.1 Å². The Morgan fingerprint density at radius 2 is 2.00 bits per heavy atom. The molecule has 5 nitrogen and oxygen atoms in total. The Labute approximate surface area is 116 Å². The van der Waals surface area contributed by atoms with E-state index >= 15 is 0 Å². The molecule has 0 spiro atoms. The second-order valence-corrected chi connectivity index (χ2v) is 5.13. The molecule has 0 saturated carbocycles. The van der Waals surface area contributed by atoms with Crippen LogP contribution in [-0.2, 0) is 22.6 Å². The molecule has 0 radical (unpaired) electrons. The van der Waals surface area contributed by atoms with Crippen molar-refractivity contribution in [2.45, 2.75) is 26.4 Å². The summed E-state index contributed by atoms with van der Waals surface area (Å²) in [6.45, 7) is 3.81. The Kier molecular flexibility index (Phi) is 3.44. The average Bonchev–Trinajstić information content (AvgIpc) is 3.07. The first-order valence-electron chi connectivity index (χ1n) is 7.01. The van der Waals surface area contributed by atoms with Gasteiger partial charge in [0.05, 0.1) is 24.2 Å². The Morgan fingerprint density at radius 3 is 2.60 bits per heavy atom. The molecule has 1 unspecified atom stereocenters. The molecule has 0 amide bonds. The summed E-state index contributed by atoms with van der Waals surface area (Å²) in [6.07, 6.45) is 0.764. The first-order valence-corrected chi connectivity index (χ1v) is 7.01. The molecule has 0 N–H and O–H groups in total. The number of Topliss-reactive ketones (excluding diaryl/α,β-unsaturated/α-hetero) is 1. The van der Waals surface area contributed by atoms with Gasteiger partial charge in [-0.15, -0.1) is 0 Å². The number of para-hydroxylation sites is 2. The van der Waals surface area contributed by atoms with E-state index in [9.17, 15) is 9.59 Å². The number of nitrogens with zero attached hydrogens (tertiary/aromatic N) is 2. The predicted octanol–water partition coefficient (Wildman–Crippen LogP) is 1.43. The van der Waals surface area contributed by atoms with Crippen molar-refractivity contribution >= 4 is 16.8 Å². The fraction of sp³-hybridized carbons (Fsp3) is 0.467. The lowest BCUT2D eigenvalue weighted by Gasteiger charge is -2.07. The van der Waals surface area contributed by atoms with Crippen LogP contribution in [0.5, 0.6) is 0 Å². The van der Waals surface area contributed by atoms with Crippen LogP contribution in [-0.4, -0.2) is 28.1 Å². The third kappa shape index (κ3) is 2.08. The number of carbonyl (C=O) groups is 1. The van der Waals surface area contributed by atoms with Crippen molar-refractivity contribution in [1.82, 2.24) is 9.13 Å². The quantitative estimate of drug-likeness (QED) is 0.847. The fourth-order valence-electron chi connectivity index (χ4n) is 2.80. The standard InChI is InChI=1S/C15H18N2O3/c1-2-16-12-5-3-4-6-13(12)17(15(16)19)9-14(18)11-7-8-20-10-11/h3-6,11H,2,7-10H2,1H3. The van der Waals surface area contributed by atoms with Gasteiger partial charge in [0.1, 0.15) is 0 Å². The van der Waals surface area contributed by atoms with Crippen molar-refractivity contribution < 1.29 is 9.53 Å². The highest BCUT2D eigenvalue weighted by Gasteiger charge is 2.25. The summed E-state index contributed by atoms with van der Waals surface area (Å²) in [5, 5.41) is 0. The normalized spacial score (nSPS) is 18.8. The van der Waals surface area contributed by atoms with Crippen molar-refractivity contribution in [1.29, 1.82) is 0 Å². The lowest BCUT2D eigenvalue weighted by atomic mass is 10.0. The maximum atomic E-state index is 12.4. The minimum absolute atomic E-state index is 0.0642. The van der Waals surface area contributed by atoms with E-state index < -0.39 is 0 Å². The maximum Gasteiger partial charge on any atom is 0.329 e. The number of hydrogen-bond donors (Lipinski definition) is 0. The van der Waals surface area contributed by atoms with Crippen LogP contribution in [0.1, 0.15) is 13.3 Å². The summed E-state index contributed by atoms with van der Waals surface area (Å²) in [5.74, 6) is 0.0224. The van der Waals surface area contributed by atoms with Crippen LogP contribution < -0.4 is 5.69 Å². The second kappa shape index (κ2) is 5.25. The Hall–Kier alpha value is -1.88. The van der Waals surface area contributed by atoms with Gasteiger partial charge in [-0.25, -0.2) is 4.79 Å². The zero-order valence-electron chi connectivity index (χ0n) is 11.5. The highest BCUT2D eigenvalue weighted by molar-refractivity contribution is 5.84. The number of carbonyl (C=O) groups excluding carboxylic acids is 1. The molecule has 5 heteroatoms. The molecule has 1 aromatic carbocycles. The number of hydrogen-bond acceptors (Lipinski definition) is 3. The monoisotopic (exact) mass is 274 g/mol. The van der Waals surface area contributed by atoms with Crippen molar-refractivity contribution in [2.24, 2.45) is 5.92 Å². The molecule has 20 heavy (non-hydrogen) atoms. The van der Waals surface area contributed by atoms with Crippen LogP contribution in [0.25, 0.3) is 11.0 Å². The van der Waals surface area contributed by atoms with Crippen LogP contribution in [0, 0.1) is 5.92 Å². The summed E-state index contributed by atoms with van der Waals surface area (Å²) in [6, 6.07) is 7.60. The molecule has 1 fully saturated rings. The SMILES string of the molecule is CCn1c(=O)n(CC(=O)C2CCOC2)c2ccccc21. The third-order valence-corrected chi connectivity index (χ3v) is 3.94. The van der Waals surface area contributed by atoms with Crippen molar-refractivity contribution in [3.8, 4) is 0 Å². The van der Waals surface area contributed by atoms with E-state index in [4.69, 9.17) is 4.74 Å². The summed E-state index contributed by atoms with van der Waals surface area (Å²) in [5.41, 5.74) is 1.60. The molecule has 1 aliphatic rings. The number of rotatable bonds is 4. The predicted molar refractivity (Wildman–Crippen MR) is 75.8 cm³/mol. The molecule has 106 valence electrons. The molecule has 0 aliphatic carbocycles. The van der Waals surface area contributed by atoms with Gasteiger partial charge in [-0.3, -0.25) is 13.9 Å². The smallest absolute Gasteiger partial charge is 0.329 e. The first-order chi connectivity index (χ1) is 9.72. The highest BCUT2D eigenvalue weighted by atomic mass is 16.5. The van der Waals surface area contributed by atoms with Crippen molar-refractivity contribution in [3.05, 3.63) is 34.7 Å². The van der Waals surface area contributed by atoms with E-state index in [1.807, 2.05) is 31.2 Å². The first kappa shape index (κ1) is 13.1. The van der Waals surface area contributed by atoms with Gasteiger partial charge in [-0.2, -0.15) is 0 Å². The fourth-order valence-corrected chi connectivity index (χ4v) is 2.80. The molecule has 0 bridgehead atoms. The molecule has 1 saturated heterocycles. The Balaban J connectivity index is 2.00. The topological polar surface area (TPSA) is 53.2 Å². The van der Waals surface area contributed by atoms with E-state index in [1.54, 1.807) is 9.13 Å². The lowest BCUT2D eigenvalue weighted by Crippen LogP contribution is -2.29. The lowest BCUT2D eigenvalue weighted by molar-refractivity contribution is -0.123. The van der Waals surface area contributed by atoms with E-state index in [-0.39, 0.29) is 23.9 Å². The van der Waals surface area contributed by atoms with Gasteiger partial charge in [0.15, 0.2) is 5.78 Å². The van der Waals surface area contributed by atoms with Gasteiger partial charge in [0, 0.05) is 19.1 Å². The van der Waals surface area contributed by atoms with Gasteiger partial charge < -0.3 is 4.74 Å². The summed E-state index contributed by atoms with van der Waals surface area (Å²) >= 11 is 0. The number of imidazole rings is 1. The van der Waals surface area contributed by atoms with Crippen LogP contribution >= 0.6 is 0 Å². The number of fused-ring (bicyclic) bond motifs is 1. The molecule has 2 heterocycles. The Morgan fingerprint density at radius 1 is 1.30 bits per heavy atom. The maximum absolute atomic E-state index is 12.4. The second-order valence-electron chi connectivity index (χ2n) is 5.13. The summed E-state index contributed by atoms with van der Waals surface area (Å²) in [4.78, 5) is 24.7. The number of aryl methyl sites for hydroxylation is 1. The number of ether oxygens (including phenoxy) is 1.